The molecule has 3 heteroatoms. The summed E-state index contributed by atoms with van der Waals surface area (Å²) in [6.07, 6.45) is 16.0. The number of hydrogen-bond donors (Lipinski definition) is 2. The third kappa shape index (κ3) is 6.69. The maximum Gasteiger partial charge on any atom is 0.138 e. The number of aliphatic hydroxyl groups excluding tert-OH is 1. The van der Waals surface area contributed by atoms with E-state index in [1.165, 1.54) is 11.1 Å². The molecule has 0 unspecified atom stereocenters. The topological polar surface area (TPSA) is 57.5 Å². The second-order valence-corrected chi connectivity index (χ2v) is 12.0. The Kier molecular flexibility index (Phi) is 9.77. The van der Waals surface area contributed by atoms with Gasteiger partial charge in [-0.3, -0.25) is 4.79 Å². The number of aliphatic hydroxyl groups is 2. The molecule has 0 spiro atoms. The molecule has 2 saturated carbocycles. The average Bonchev–Trinajstić information content (AvgIpc) is 2.75. The van der Waals surface area contributed by atoms with Crippen LogP contribution in [0.2, 0.25) is 0 Å². The minimum absolute atomic E-state index is 0.0381. The number of carbonyl (C=O) groups excluding carboxylic acids is 1. The lowest BCUT2D eigenvalue weighted by atomic mass is 9.45. The fraction of sp³-hybridized carbons (Fsp3) is 0.767. The number of rotatable bonds is 10. The molecule has 2 N–H and O–H groups in total. The smallest absolute Gasteiger partial charge is 0.138 e. The zero-order chi connectivity index (χ0) is 24.9. The maximum absolute atomic E-state index is 12.6. The third-order valence-electron chi connectivity index (χ3n) is 9.32. The van der Waals surface area contributed by atoms with Gasteiger partial charge in [0, 0.05) is 11.8 Å². The summed E-state index contributed by atoms with van der Waals surface area (Å²) in [6.45, 7) is 15.3. The zero-order valence-electron chi connectivity index (χ0n) is 22.5. The molecule has 2 fully saturated rings. The van der Waals surface area contributed by atoms with Gasteiger partial charge in [0.1, 0.15) is 5.78 Å². The summed E-state index contributed by atoms with van der Waals surface area (Å²) in [5, 5.41) is 20.7. The minimum atomic E-state index is -0.630. The fourth-order valence-electron chi connectivity index (χ4n) is 6.60. The van der Waals surface area contributed by atoms with E-state index in [1.807, 2.05) is 6.92 Å². The average molecular weight is 459 g/mol. The Morgan fingerprint density at radius 3 is 2.06 bits per heavy atom. The molecule has 0 aliphatic heterocycles. The van der Waals surface area contributed by atoms with Crippen LogP contribution in [-0.2, 0) is 4.79 Å². The SMILES string of the molecule is C/C(=C\CC/C(C)=C/CC/C(C)=C/CC[C@@]1(O)CC[C@@H]2C(C)(C)C(=O)CC[C@]2(C)[C@H]1C)CO. The quantitative estimate of drug-likeness (QED) is 0.337. The van der Waals surface area contributed by atoms with E-state index in [0.717, 1.165) is 63.4 Å². The summed E-state index contributed by atoms with van der Waals surface area (Å²) in [7, 11) is 0. The van der Waals surface area contributed by atoms with Gasteiger partial charge in [-0.25, -0.2) is 0 Å². The third-order valence-corrected chi connectivity index (χ3v) is 9.32. The van der Waals surface area contributed by atoms with Crippen LogP contribution in [0.15, 0.2) is 34.9 Å². The number of fused-ring (bicyclic) bond motifs is 1. The molecule has 2 aliphatic rings. The molecule has 0 radical (unpaired) electrons. The molecule has 4 atom stereocenters. The number of carbonyl (C=O) groups is 1. The van der Waals surface area contributed by atoms with Crippen LogP contribution in [0.1, 0.15) is 113 Å². The van der Waals surface area contributed by atoms with Crippen molar-refractivity contribution in [3.05, 3.63) is 34.9 Å². The van der Waals surface area contributed by atoms with Crippen LogP contribution in [0, 0.1) is 22.7 Å². The highest BCUT2D eigenvalue weighted by molar-refractivity contribution is 5.85. The standard InChI is InChI=1S/C30H50O3/c1-22(13-9-14-24(3)21-31)11-8-12-23(2)15-10-18-30(33)20-16-26-28(5,6)27(32)17-19-29(26,7)25(30)4/h11,14-15,25-26,31,33H,8-10,12-13,16-21H2,1-7H3/b22-11+,23-15+,24-14+/t25-,26-,29-,30-/m1/s1. The van der Waals surface area contributed by atoms with Crippen molar-refractivity contribution in [2.45, 2.75) is 118 Å². The van der Waals surface area contributed by atoms with Gasteiger partial charge >= 0.3 is 0 Å². The van der Waals surface area contributed by atoms with Gasteiger partial charge in [-0.2, -0.15) is 0 Å². The molecule has 0 heterocycles. The number of hydrogen-bond acceptors (Lipinski definition) is 3. The first-order valence-electron chi connectivity index (χ1n) is 13.2. The van der Waals surface area contributed by atoms with Crippen molar-refractivity contribution in [2.75, 3.05) is 6.61 Å². The Morgan fingerprint density at radius 1 is 0.939 bits per heavy atom. The highest BCUT2D eigenvalue weighted by atomic mass is 16.3. The van der Waals surface area contributed by atoms with E-state index >= 15 is 0 Å². The van der Waals surface area contributed by atoms with Gasteiger partial charge in [0.05, 0.1) is 12.2 Å². The van der Waals surface area contributed by atoms with Crippen molar-refractivity contribution in [2.24, 2.45) is 22.7 Å². The van der Waals surface area contributed by atoms with Crippen LogP contribution in [0.3, 0.4) is 0 Å². The molecule has 0 amide bonds. The van der Waals surface area contributed by atoms with Gasteiger partial charge in [-0.05, 0) is 95.8 Å². The van der Waals surface area contributed by atoms with Crippen LogP contribution in [0.4, 0.5) is 0 Å². The molecular formula is C30H50O3. The van der Waals surface area contributed by atoms with Crippen molar-refractivity contribution in [1.82, 2.24) is 0 Å². The van der Waals surface area contributed by atoms with Gasteiger partial charge in [0.25, 0.3) is 0 Å². The van der Waals surface area contributed by atoms with E-state index in [-0.39, 0.29) is 23.4 Å². The molecule has 2 aliphatic carbocycles. The molecule has 0 aromatic heterocycles. The molecule has 0 saturated heterocycles. The Labute approximate surface area is 203 Å². The number of ketones is 1. The highest BCUT2D eigenvalue weighted by Crippen LogP contribution is 2.61. The Morgan fingerprint density at radius 2 is 1.48 bits per heavy atom. The second kappa shape index (κ2) is 11.5. The lowest BCUT2D eigenvalue weighted by Gasteiger charge is -2.60. The molecule has 0 aromatic rings. The summed E-state index contributed by atoms with van der Waals surface area (Å²) < 4.78 is 0. The molecule has 0 aromatic carbocycles. The van der Waals surface area contributed by atoms with Crippen LogP contribution in [-0.4, -0.2) is 28.2 Å². The summed E-state index contributed by atoms with van der Waals surface area (Å²) in [6, 6.07) is 0. The second-order valence-electron chi connectivity index (χ2n) is 12.0. The van der Waals surface area contributed by atoms with Gasteiger partial charge < -0.3 is 10.2 Å². The lowest BCUT2D eigenvalue weighted by molar-refractivity contribution is -0.178. The number of allylic oxidation sites excluding steroid dienone is 5. The van der Waals surface area contributed by atoms with Crippen molar-refractivity contribution < 1.29 is 15.0 Å². The van der Waals surface area contributed by atoms with Crippen LogP contribution >= 0.6 is 0 Å². The van der Waals surface area contributed by atoms with Gasteiger partial charge in [-0.1, -0.05) is 62.6 Å². The molecule has 188 valence electrons. The predicted molar refractivity (Wildman–Crippen MR) is 139 cm³/mol. The maximum atomic E-state index is 12.6. The predicted octanol–water partition coefficient (Wildman–Crippen LogP) is 7.33. The Hall–Kier alpha value is -1.19. The molecule has 2 rings (SSSR count). The van der Waals surface area contributed by atoms with Gasteiger partial charge in [0.2, 0.25) is 0 Å². The minimum Gasteiger partial charge on any atom is -0.392 e. The van der Waals surface area contributed by atoms with Gasteiger partial charge in [0.15, 0.2) is 0 Å². The summed E-state index contributed by atoms with van der Waals surface area (Å²) in [4.78, 5) is 12.6. The highest BCUT2D eigenvalue weighted by Gasteiger charge is 2.59. The van der Waals surface area contributed by atoms with Crippen LogP contribution in [0.25, 0.3) is 0 Å². The Bertz CT molecular complexity index is 771. The largest absolute Gasteiger partial charge is 0.392 e. The van der Waals surface area contributed by atoms with E-state index in [9.17, 15) is 9.90 Å². The molecule has 0 bridgehead atoms. The van der Waals surface area contributed by atoms with E-state index in [0.29, 0.717) is 18.1 Å². The first-order valence-corrected chi connectivity index (χ1v) is 13.2. The normalized spacial score (nSPS) is 33.2. The monoisotopic (exact) mass is 458 g/mol. The lowest BCUT2D eigenvalue weighted by Crippen LogP contribution is -2.59. The van der Waals surface area contributed by atoms with Crippen molar-refractivity contribution in [1.29, 1.82) is 0 Å². The first-order chi connectivity index (χ1) is 15.4. The summed E-state index contributed by atoms with van der Waals surface area (Å²) in [5.41, 5.74) is 2.99. The summed E-state index contributed by atoms with van der Waals surface area (Å²) >= 11 is 0. The van der Waals surface area contributed by atoms with E-state index in [2.05, 4.69) is 59.8 Å². The van der Waals surface area contributed by atoms with Crippen molar-refractivity contribution in [3.63, 3.8) is 0 Å². The number of Topliss-reactive ketones (excluding diaryl/α,β-unsaturated/α-hetero) is 1. The Balaban J connectivity index is 1.86. The molecule has 3 nitrogen and oxygen atoms in total. The molecule has 33 heavy (non-hydrogen) atoms. The van der Waals surface area contributed by atoms with Crippen LogP contribution in [0.5, 0.6) is 0 Å². The summed E-state index contributed by atoms with van der Waals surface area (Å²) in [5.74, 6) is 0.984. The van der Waals surface area contributed by atoms with E-state index in [4.69, 9.17) is 5.11 Å². The van der Waals surface area contributed by atoms with E-state index in [1.54, 1.807) is 0 Å². The molecular weight excluding hydrogens is 408 g/mol. The van der Waals surface area contributed by atoms with Gasteiger partial charge in [-0.15, -0.1) is 0 Å². The van der Waals surface area contributed by atoms with E-state index < -0.39 is 5.60 Å². The van der Waals surface area contributed by atoms with Crippen LogP contribution < -0.4 is 0 Å². The zero-order valence-corrected chi connectivity index (χ0v) is 22.5. The fourth-order valence-corrected chi connectivity index (χ4v) is 6.60. The van der Waals surface area contributed by atoms with Crippen molar-refractivity contribution >= 4 is 5.78 Å². The first kappa shape index (κ1) is 28.1. The van der Waals surface area contributed by atoms with Crippen molar-refractivity contribution in [3.8, 4) is 0 Å².